The van der Waals surface area contributed by atoms with Crippen molar-refractivity contribution in [3.63, 3.8) is 0 Å². The lowest BCUT2D eigenvalue weighted by Crippen LogP contribution is -2.39. The number of guanidine groups is 1. The molecule has 0 amide bonds. The highest BCUT2D eigenvalue weighted by molar-refractivity contribution is 7.09. The Bertz CT molecular complexity index is 783. The monoisotopic (exact) mass is 392 g/mol. The Labute approximate surface area is 165 Å². The predicted molar refractivity (Wildman–Crippen MR) is 110 cm³/mol. The summed E-state index contributed by atoms with van der Waals surface area (Å²) < 4.78 is 18.8. The summed E-state index contributed by atoms with van der Waals surface area (Å²) in [5.41, 5.74) is 2.06. The van der Waals surface area contributed by atoms with E-state index in [0.29, 0.717) is 6.54 Å². The van der Waals surface area contributed by atoms with Gasteiger partial charge in [-0.3, -0.25) is 4.99 Å². The molecule has 0 aliphatic carbocycles. The number of methoxy groups -OCH3 is 1. The fraction of sp³-hybridized carbons (Fsp3) is 0.500. The maximum absolute atomic E-state index is 13.9. The fourth-order valence-corrected chi connectivity index (χ4v) is 3.62. The third-order valence-electron chi connectivity index (χ3n) is 4.15. The maximum atomic E-state index is 13.9. The highest BCUT2D eigenvalue weighted by Gasteiger charge is 2.17. The maximum Gasteiger partial charge on any atom is 0.193 e. The molecule has 0 aliphatic rings. The van der Waals surface area contributed by atoms with Gasteiger partial charge >= 0.3 is 0 Å². The first kappa shape index (κ1) is 21.2. The summed E-state index contributed by atoms with van der Waals surface area (Å²) >= 11 is 1.69. The smallest absolute Gasteiger partial charge is 0.193 e. The first-order valence-electron chi connectivity index (χ1n) is 8.93. The molecule has 0 radical (unpaired) electrons. The minimum Gasteiger partial charge on any atom is -0.494 e. The highest BCUT2D eigenvalue weighted by atomic mass is 32.1. The molecule has 1 aromatic heterocycles. The minimum absolute atomic E-state index is 0.0755. The van der Waals surface area contributed by atoms with E-state index in [1.54, 1.807) is 24.5 Å². The average molecular weight is 393 g/mol. The predicted octanol–water partition coefficient (Wildman–Crippen LogP) is 3.84. The first-order chi connectivity index (χ1) is 12.7. The summed E-state index contributed by atoms with van der Waals surface area (Å²) in [4.78, 5) is 11.0. The van der Waals surface area contributed by atoms with Crippen LogP contribution in [-0.4, -0.2) is 43.6 Å². The van der Waals surface area contributed by atoms with E-state index < -0.39 is 0 Å². The van der Waals surface area contributed by atoms with Crippen molar-refractivity contribution in [2.45, 2.75) is 39.2 Å². The van der Waals surface area contributed by atoms with Gasteiger partial charge in [-0.2, -0.15) is 0 Å². The van der Waals surface area contributed by atoms with Crippen LogP contribution < -0.4 is 10.1 Å². The van der Waals surface area contributed by atoms with Crippen LogP contribution in [0.2, 0.25) is 0 Å². The summed E-state index contributed by atoms with van der Waals surface area (Å²) in [6, 6.07) is 4.99. The number of aromatic nitrogens is 1. The Balaban J connectivity index is 1.89. The molecule has 7 heteroatoms. The van der Waals surface area contributed by atoms with Crippen LogP contribution in [0.5, 0.6) is 5.75 Å². The van der Waals surface area contributed by atoms with Crippen LogP contribution in [-0.2, 0) is 18.4 Å². The molecular formula is C20H29FN4OS. The van der Waals surface area contributed by atoms with Crippen molar-refractivity contribution in [1.29, 1.82) is 0 Å². The van der Waals surface area contributed by atoms with Crippen molar-refractivity contribution < 1.29 is 9.13 Å². The normalized spacial score (nSPS) is 12.2. The zero-order chi connectivity index (χ0) is 20.0. The number of nitrogens with one attached hydrogen (secondary N) is 1. The quantitative estimate of drug-likeness (QED) is 0.599. The number of thiazole rings is 1. The third-order valence-corrected chi connectivity index (χ3v) is 5.06. The van der Waals surface area contributed by atoms with Gasteiger partial charge in [0.2, 0.25) is 0 Å². The Hall–Kier alpha value is -2.15. The van der Waals surface area contributed by atoms with E-state index in [1.165, 1.54) is 13.2 Å². The van der Waals surface area contributed by atoms with Crippen LogP contribution in [0, 0.1) is 5.82 Å². The van der Waals surface area contributed by atoms with Gasteiger partial charge in [-0.25, -0.2) is 9.37 Å². The van der Waals surface area contributed by atoms with Crippen LogP contribution in [0.4, 0.5) is 4.39 Å². The van der Waals surface area contributed by atoms with Crippen molar-refractivity contribution in [3.8, 4) is 5.75 Å². The molecule has 0 bridgehead atoms. The van der Waals surface area contributed by atoms with E-state index in [2.05, 4.69) is 36.5 Å². The molecule has 0 unspecified atom stereocenters. The molecule has 0 atom stereocenters. The lowest BCUT2D eigenvalue weighted by Gasteiger charge is -2.22. The second-order valence-corrected chi connectivity index (χ2v) is 8.37. The van der Waals surface area contributed by atoms with Gasteiger partial charge < -0.3 is 15.0 Å². The third kappa shape index (κ3) is 5.92. The fourth-order valence-electron chi connectivity index (χ4n) is 2.59. The number of hydrogen-bond acceptors (Lipinski definition) is 4. The zero-order valence-corrected chi connectivity index (χ0v) is 17.8. The van der Waals surface area contributed by atoms with E-state index in [9.17, 15) is 4.39 Å². The largest absolute Gasteiger partial charge is 0.494 e. The van der Waals surface area contributed by atoms with Gasteiger partial charge in [0.1, 0.15) is 0 Å². The summed E-state index contributed by atoms with van der Waals surface area (Å²) in [7, 11) is 5.13. The van der Waals surface area contributed by atoms with Crippen molar-refractivity contribution >= 4 is 17.3 Å². The van der Waals surface area contributed by atoms with Crippen molar-refractivity contribution in [2.24, 2.45) is 4.99 Å². The number of aliphatic imine (C=N–C) groups is 1. The van der Waals surface area contributed by atoms with Crippen LogP contribution in [0.15, 0.2) is 28.6 Å². The van der Waals surface area contributed by atoms with Crippen LogP contribution in [0.25, 0.3) is 0 Å². The number of ether oxygens (including phenoxy) is 1. The van der Waals surface area contributed by atoms with Crippen molar-refractivity contribution in [2.75, 3.05) is 27.7 Å². The Morgan fingerprint density at radius 2 is 2.11 bits per heavy atom. The van der Waals surface area contributed by atoms with Crippen LogP contribution >= 0.6 is 11.3 Å². The average Bonchev–Trinajstić information content (AvgIpc) is 3.08. The molecular weight excluding hydrogens is 363 g/mol. The molecule has 0 saturated carbocycles. The van der Waals surface area contributed by atoms with E-state index in [1.807, 2.05) is 18.0 Å². The standard InChI is InChI=1S/C20H29FN4OS/c1-20(2,3)17-13-27-18(24-17)9-10-23-19(22-4)25(5)12-14-7-8-16(26-6)15(21)11-14/h7-8,11,13H,9-10,12H2,1-6H3,(H,22,23). The Kier molecular flexibility index (Phi) is 7.18. The molecule has 1 heterocycles. The lowest BCUT2D eigenvalue weighted by molar-refractivity contribution is 0.385. The molecule has 0 spiro atoms. The molecule has 0 saturated heterocycles. The van der Waals surface area contributed by atoms with E-state index in [4.69, 9.17) is 9.72 Å². The second-order valence-electron chi connectivity index (χ2n) is 7.43. The number of hydrogen-bond donors (Lipinski definition) is 1. The van der Waals surface area contributed by atoms with E-state index in [-0.39, 0.29) is 17.0 Å². The van der Waals surface area contributed by atoms with E-state index >= 15 is 0 Å². The molecule has 0 fully saturated rings. The summed E-state index contributed by atoms with van der Waals surface area (Å²) in [6.07, 6.45) is 0.838. The summed E-state index contributed by atoms with van der Waals surface area (Å²) in [5, 5.41) is 6.59. The van der Waals surface area contributed by atoms with Crippen molar-refractivity contribution in [1.82, 2.24) is 15.2 Å². The molecule has 148 valence electrons. The van der Waals surface area contributed by atoms with E-state index in [0.717, 1.165) is 35.2 Å². The molecule has 2 rings (SSSR count). The van der Waals surface area contributed by atoms with Gasteiger partial charge in [0.25, 0.3) is 0 Å². The van der Waals surface area contributed by atoms with Crippen molar-refractivity contribution in [3.05, 3.63) is 45.7 Å². The SMILES string of the molecule is CN=C(NCCc1nc(C(C)(C)C)cs1)N(C)Cc1ccc(OC)c(F)c1. The highest BCUT2D eigenvalue weighted by Crippen LogP contribution is 2.24. The molecule has 5 nitrogen and oxygen atoms in total. The Morgan fingerprint density at radius 3 is 2.67 bits per heavy atom. The van der Waals surface area contributed by atoms with Gasteiger partial charge in [0, 0.05) is 44.4 Å². The summed E-state index contributed by atoms with van der Waals surface area (Å²) in [6.45, 7) is 7.80. The van der Waals surface area contributed by atoms with Gasteiger partial charge in [-0.05, 0) is 17.7 Å². The van der Waals surface area contributed by atoms with Gasteiger partial charge in [0.05, 0.1) is 17.8 Å². The minimum atomic E-state index is -0.357. The first-order valence-corrected chi connectivity index (χ1v) is 9.81. The number of halogens is 1. The summed E-state index contributed by atoms with van der Waals surface area (Å²) in [5.74, 6) is 0.658. The zero-order valence-electron chi connectivity index (χ0n) is 17.0. The topological polar surface area (TPSA) is 49.8 Å². The van der Waals surface area contributed by atoms with Gasteiger partial charge in [-0.15, -0.1) is 11.3 Å². The van der Waals surface area contributed by atoms with Crippen LogP contribution in [0.1, 0.15) is 37.0 Å². The number of nitrogens with zero attached hydrogens (tertiary/aromatic N) is 3. The second kappa shape index (κ2) is 9.17. The lowest BCUT2D eigenvalue weighted by atomic mass is 9.93. The molecule has 2 aromatic rings. The molecule has 1 N–H and O–H groups in total. The van der Waals surface area contributed by atoms with Crippen LogP contribution in [0.3, 0.4) is 0 Å². The molecule has 0 aliphatic heterocycles. The van der Waals surface area contributed by atoms with Gasteiger partial charge in [-0.1, -0.05) is 26.8 Å². The molecule has 1 aromatic carbocycles. The number of benzene rings is 1. The van der Waals surface area contributed by atoms with Gasteiger partial charge in [0.15, 0.2) is 17.5 Å². The molecule has 27 heavy (non-hydrogen) atoms. The number of rotatable bonds is 6. The Morgan fingerprint density at radius 1 is 1.37 bits per heavy atom.